The molecule has 108 valence electrons. The number of ether oxygens (including phenoxy) is 1. The molecule has 3 nitrogen and oxygen atoms in total. The van der Waals surface area contributed by atoms with Gasteiger partial charge in [-0.25, -0.2) is 0 Å². The number of nitrogens with one attached hydrogen (secondary N) is 1. The molecular formula is C15H25NO2S. The molecule has 1 N–H and O–H groups in total. The maximum absolute atomic E-state index is 12.0. The predicted octanol–water partition coefficient (Wildman–Crippen LogP) is 3.36. The van der Waals surface area contributed by atoms with Gasteiger partial charge in [-0.1, -0.05) is 18.6 Å². The SMILES string of the molecule is CC(C)(C)OC(=O)C[C@H]1CCC[C@]12CCCC(=S)N2. The fourth-order valence-electron chi connectivity index (χ4n) is 3.49. The van der Waals surface area contributed by atoms with Crippen molar-refractivity contribution >= 4 is 23.2 Å². The van der Waals surface area contributed by atoms with Gasteiger partial charge in [-0.15, -0.1) is 0 Å². The molecule has 2 fully saturated rings. The Morgan fingerprint density at radius 3 is 2.74 bits per heavy atom. The summed E-state index contributed by atoms with van der Waals surface area (Å²) in [7, 11) is 0. The summed E-state index contributed by atoms with van der Waals surface area (Å²) in [5, 5.41) is 3.53. The van der Waals surface area contributed by atoms with Gasteiger partial charge in [-0.3, -0.25) is 4.79 Å². The van der Waals surface area contributed by atoms with E-state index in [4.69, 9.17) is 17.0 Å². The molecule has 0 amide bonds. The van der Waals surface area contributed by atoms with Crippen LogP contribution in [0.2, 0.25) is 0 Å². The fourth-order valence-corrected chi connectivity index (χ4v) is 3.83. The zero-order valence-electron chi connectivity index (χ0n) is 12.3. The third-order valence-electron chi connectivity index (χ3n) is 4.21. The van der Waals surface area contributed by atoms with Crippen molar-refractivity contribution in [3.05, 3.63) is 0 Å². The molecule has 0 aromatic rings. The zero-order valence-corrected chi connectivity index (χ0v) is 13.1. The average Bonchev–Trinajstić information content (AvgIpc) is 2.58. The van der Waals surface area contributed by atoms with Crippen molar-refractivity contribution in [3.63, 3.8) is 0 Å². The van der Waals surface area contributed by atoms with E-state index in [0.717, 1.165) is 37.1 Å². The van der Waals surface area contributed by atoms with Gasteiger partial charge in [-0.2, -0.15) is 0 Å². The van der Waals surface area contributed by atoms with Gasteiger partial charge in [0.05, 0.1) is 11.4 Å². The molecule has 0 aromatic carbocycles. The first-order valence-corrected chi connectivity index (χ1v) is 7.74. The Bertz CT molecular complexity index is 375. The number of carbonyl (C=O) groups is 1. The molecule has 0 radical (unpaired) electrons. The highest BCUT2D eigenvalue weighted by atomic mass is 32.1. The Labute approximate surface area is 121 Å². The van der Waals surface area contributed by atoms with Gasteiger partial charge in [0.1, 0.15) is 5.60 Å². The van der Waals surface area contributed by atoms with Crippen LogP contribution in [0.15, 0.2) is 0 Å². The summed E-state index contributed by atoms with van der Waals surface area (Å²) in [6.45, 7) is 5.76. The van der Waals surface area contributed by atoms with E-state index in [1.807, 2.05) is 20.8 Å². The van der Waals surface area contributed by atoms with Gasteiger partial charge in [0, 0.05) is 5.54 Å². The molecule has 1 aliphatic heterocycles. The lowest BCUT2D eigenvalue weighted by atomic mass is 9.78. The second kappa shape index (κ2) is 5.39. The lowest BCUT2D eigenvalue weighted by Crippen LogP contribution is -2.53. The summed E-state index contributed by atoms with van der Waals surface area (Å²) in [4.78, 5) is 13.0. The molecular weight excluding hydrogens is 258 g/mol. The molecule has 4 heteroatoms. The average molecular weight is 283 g/mol. The van der Waals surface area contributed by atoms with Crippen LogP contribution < -0.4 is 5.32 Å². The molecule has 0 bridgehead atoms. The van der Waals surface area contributed by atoms with Gasteiger partial charge in [0.15, 0.2) is 0 Å². The van der Waals surface area contributed by atoms with Crippen LogP contribution in [0.3, 0.4) is 0 Å². The van der Waals surface area contributed by atoms with Crippen LogP contribution >= 0.6 is 12.2 Å². The van der Waals surface area contributed by atoms with Gasteiger partial charge in [0.25, 0.3) is 0 Å². The minimum Gasteiger partial charge on any atom is -0.460 e. The number of hydrogen-bond acceptors (Lipinski definition) is 3. The van der Waals surface area contributed by atoms with E-state index in [1.54, 1.807) is 0 Å². The Morgan fingerprint density at radius 1 is 1.42 bits per heavy atom. The first-order chi connectivity index (χ1) is 8.81. The van der Waals surface area contributed by atoms with Crippen molar-refractivity contribution < 1.29 is 9.53 Å². The maximum atomic E-state index is 12.0. The Morgan fingerprint density at radius 2 is 2.11 bits per heavy atom. The summed E-state index contributed by atoms with van der Waals surface area (Å²) in [6, 6.07) is 0. The number of hydrogen-bond donors (Lipinski definition) is 1. The van der Waals surface area contributed by atoms with Crippen molar-refractivity contribution in [2.45, 2.75) is 76.9 Å². The first kappa shape index (κ1) is 14.8. The smallest absolute Gasteiger partial charge is 0.306 e. The van der Waals surface area contributed by atoms with Gasteiger partial charge >= 0.3 is 5.97 Å². The summed E-state index contributed by atoms with van der Waals surface area (Å²) >= 11 is 5.34. The van der Waals surface area contributed by atoms with E-state index in [1.165, 1.54) is 6.42 Å². The molecule has 0 unspecified atom stereocenters. The molecule has 0 aromatic heterocycles. The third kappa shape index (κ3) is 3.68. The molecule has 1 spiro atoms. The lowest BCUT2D eigenvalue weighted by Gasteiger charge is -2.41. The molecule has 1 heterocycles. The van der Waals surface area contributed by atoms with Crippen molar-refractivity contribution in [2.24, 2.45) is 5.92 Å². The number of thiocarbonyl (C=S) groups is 1. The van der Waals surface area contributed by atoms with E-state index in [-0.39, 0.29) is 11.5 Å². The van der Waals surface area contributed by atoms with E-state index in [2.05, 4.69) is 5.32 Å². The Balaban J connectivity index is 1.99. The number of carbonyl (C=O) groups excluding carboxylic acids is 1. The van der Waals surface area contributed by atoms with Gasteiger partial charge < -0.3 is 10.1 Å². The lowest BCUT2D eigenvalue weighted by molar-refractivity contribution is -0.156. The van der Waals surface area contributed by atoms with E-state index < -0.39 is 5.60 Å². The summed E-state index contributed by atoms with van der Waals surface area (Å²) in [5.74, 6) is 0.303. The van der Waals surface area contributed by atoms with Crippen LogP contribution in [0.25, 0.3) is 0 Å². The van der Waals surface area contributed by atoms with Crippen molar-refractivity contribution in [2.75, 3.05) is 0 Å². The Hall–Kier alpha value is -0.640. The number of piperidine rings is 1. The molecule has 1 aliphatic carbocycles. The molecule has 1 saturated carbocycles. The quantitative estimate of drug-likeness (QED) is 0.623. The number of esters is 1. The summed E-state index contributed by atoms with van der Waals surface area (Å²) < 4.78 is 5.46. The Kier molecular flexibility index (Phi) is 4.19. The largest absolute Gasteiger partial charge is 0.460 e. The number of rotatable bonds is 2. The van der Waals surface area contributed by atoms with Crippen molar-refractivity contribution in [1.82, 2.24) is 5.32 Å². The second-order valence-electron chi connectivity index (χ2n) is 6.94. The molecule has 2 rings (SSSR count). The molecule has 1 saturated heterocycles. The van der Waals surface area contributed by atoms with Gasteiger partial charge in [0.2, 0.25) is 0 Å². The topological polar surface area (TPSA) is 38.3 Å². The molecule has 2 atom stereocenters. The van der Waals surface area contributed by atoms with Crippen LogP contribution in [0, 0.1) is 5.92 Å². The van der Waals surface area contributed by atoms with E-state index in [9.17, 15) is 4.79 Å². The van der Waals surface area contributed by atoms with Crippen molar-refractivity contribution in [1.29, 1.82) is 0 Å². The minimum atomic E-state index is -0.391. The standard InChI is InChI=1S/C15H25NO2S/c1-14(2,3)18-13(17)10-11-6-4-8-15(11)9-5-7-12(19)16-15/h11H,4-10H2,1-3H3,(H,16,19)/t11-,15+/m1/s1. The predicted molar refractivity (Wildman–Crippen MR) is 80.1 cm³/mol. The van der Waals surface area contributed by atoms with Crippen LogP contribution in [-0.4, -0.2) is 22.1 Å². The van der Waals surface area contributed by atoms with Crippen LogP contribution in [0.5, 0.6) is 0 Å². The summed E-state index contributed by atoms with van der Waals surface area (Å²) in [5.41, 5.74) is -0.315. The molecule has 19 heavy (non-hydrogen) atoms. The monoisotopic (exact) mass is 283 g/mol. The zero-order chi connectivity index (χ0) is 14.1. The summed E-state index contributed by atoms with van der Waals surface area (Å²) in [6.07, 6.45) is 7.24. The second-order valence-corrected chi connectivity index (χ2v) is 7.43. The first-order valence-electron chi connectivity index (χ1n) is 7.34. The maximum Gasteiger partial charge on any atom is 0.306 e. The molecule has 2 aliphatic rings. The third-order valence-corrected chi connectivity index (χ3v) is 4.51. The van der Waals surface area contributed by atoms with Crippen LogP contribution in [-0.2, 0) is 9.53 Å². The van der Waals surface area contributed by atoms with Crippen LogP contribution in [0.1, 0.15) is 65.7 Å². The van der Waals surface area contributed by atoms with Crippen LogP contribution in [0.4, 0.5) is 0 Å². The normalized spacial score (nSPS) is 31.3. The highest BCUT2D eigenvalue weighted by molar-refractivity contribution is 7.80. The fraction of sp³-hybridized carbons (Fsp3) is 0.867. The minimum absolute atomic E-state index is 0.0722. The highest BCUT2D eigenvalue weighted by Gasteiger charge is 2.45. The highest BCUT2D eigenvalue weighted by Crippen LogP contribution is 2.43. The van der Waals surface area contributed by atoms with E-state index in [0.29, 0.717) is 12.3 Å². The van der Waals surface area contributed by atoms with Crippen molar-refractivity contribution in [3.8, 4) is 0 Å². The van der Waals surface area contributed by atoms with Gasteiger partial charge in [-0.05, 0) is 58.8 Å². The van der Waals surface area contributed by atoms with E-state index >= 15 is 0 Å².